The van der Waals surface area contributed by atoms with Crippen LogP contribution in [0, 0.1) is 0 Å². The SMILES string of the molecule is Clc1nc(Cl)c2sc3nc(N4CCOCC4)c4c(c3c2n1)CCCC4. The van der Waals surface area contributed by atoms with Gasteiger partial charge in [-0.15, -0.1) is 11.3 Å². The molecular weight excluding hydrogens is 379 g/mol. The van der Waals surface area contributed by atoms with Crippen molar-refractivity contribution in [3.63, 3.8) is 0 Å². The summed E-state index contributed by atoms with van der Waals surface area (Å²) in [5.74, 6) is 1.12. The predicted octanol–water partition coefficient (Wildman–Crippen LogP) is 4.26. The maximum absolute atomic E-state index is 6.33. The molecule has 0 amide bonds. The Hall–Kier alpha value is -1.21. The number of hydrogen-bond donors (Lipinski definition) is 0. The van der Waals surface area contributed by atoms with E-state index in [2.05, 4.69) is 14.9 Å². The Bertz CT molecular complexity index is 984. The Kier molecular flexibility index (Phi) is 3.97. The number of fused-ring (bicyclic) bond motifs is 5. The van der Waals surface area contributed by atoms with Gasteiger partial charge in [0.05, 0.1) is 23.4 Å². The minimum Gasteiger partial charge on any atom is -0.378 e. The third-order valence-corrected chi connectivity index (χ3v) is 6.64. The van der Waals surface area contributed by atoms with Crippen molar-refractivity contribution in [2.24, 2.45) is 0 Å². The van der Waals surface area contributed by atoms with Crippen molar-refractivity contribution in [3.05, 3.63) is 21.6 Å². The molecule has 130 valence electrons. The minimum atomic E-state index is 0.194. The summed E-state index contributed by atoms with van der Waals surface area (Å²) < 4.78 is 6.39. The van der Waals surface area contributed by atoms with E-state index in [0.717, 1.165) is 65.4 Å². The first-order chi connectivity index (χ1) is 12.2. The number of anilines is 1. The van der Waals surface area contributed by atoms with Gasteiger partial charge in [0.25, 0.3) is 0 Å². The third kappa shape index (κ3) is 2.58. The first-order valence-corrected chi connectivity index (χ1v) is 10.1. The molecule has 0 aromatic carbocycles. The van der Waals surface area contributed by atoms with Gasteiger partial charge >= 0.3 is 0 Å². The summed E-state index contributed by atoms with van der Waals surface area (Å²) in [5.41, 5.74) is 3.59. The van der Waals surface area contributed by atoms with Gasteiger partial charge in [-0.05, 0) is 48.4 Å². The zero-order valence-electron chi connectivity index (χ0n) is 13.5. The number of thiophene rings is 1. The number of aromatic nitrogens is 3. The quantitative estimate of drug-likeness (QED) is 0.455. The molecule has 0 spiro atoms. The van der Waals surface area contributed by atoms with Gasteiger partial charge in [0.2, 0.25) is 5.28 Å². The highest BCUT2D eigenvalue weighted by Crippen LogP contribution is 2.43. The van der Waals surface area contributed by atoms with Gasteiger partial charge in [0.15, 0.2) is 5.15 Å². The molecular formula is C17H16Cl2N4OS. The van der Waals surface area contributed by atoms with Crippen molar-refractivity contribution in [2.45, 2.75) is 25.7 Å². The highest BCUT2D eigenvalue weighted by atomic mass is 35.5. The molecule has 0 atom stereocenters. The number of pyridine rings is 1. The van der Waals surface area contributed by atoms with Crippen LogP contribution >= 0.6 is 34.5 Å². The molecule has 0 radical (unpaired) electrons. The van der Waals surface area contributed by atoms with Crippen LogP contribution in [0.2, 0.25) is 10.4 Å². The number of hydrogen-bond acceptors (Lipinski definition) is 6. The first kappa shape index (κ1) is 16.0. The molecule has 0 bridgehead atoms. The number of nitrogens with zero attached hydrogens (tertiary/aromatic N) is 4. The molecule has 1 aliphatic heterocycles. The molecule has 8 heteroatoms. The van der Waals surface area contributed by atoms with E-state index in [4.69, 9.17) is 32.9 Å². The summed E-state index contributed by atoms with van der Waals surface area (Å²) in [6, 6.07) is 0. The lowest BCUT2D eigenvalue weighted by atomic mass is 9.90. The van der Waals surface area contributed by atoms with Crippen LogP contribution in [0.3, 0.4) is 0 Å². The van der Waals surface area contributed by atoms with E-state index in [1.54, 1.807) is 11.3 Å². The zero-order valence-corrected chi connectivity index (χ0v) is 15.8. The van der Waals surface area contributed by atoms with Crippen molar-refractivity contribution in [1.29, 1.82) is 0 Å². The van der Waals surface area contributed by atoms with Crippen LogP contribution in [0.5, 0.6) is 0 Å². The van der Waals surface area contributed by atoms with Crippen LogP contribution in [0.1, 0.15) is 24.0 Å². The van der Waals surface area contributed by atoms with Gasteiger partial charge < -0.3 is 9.64 Å². The summed E-state index contributed by atoms with van der Waals surface area (Å²) >= 11 is 14.0. The molecule has 25 heavy (non-hydrogen) atoms. The molecule has 3 aromatic rings. The second-order valence-electron chi connectivity index (χ2n) is 6.44. The van der Waals surface area contributed by atoms with Crippen LogP contribution < -0.4 is 4.90 Å². The molecule has 4 heterocycles. The van der Waals surface area contributed by atoms with E-state index in [-0.39, 0.29) is 5.28 Å². The molecule has 1 saturated heterocycles. The lowest BCUT2D eigenvalue weighted by Gasteiger charge is -2.31. The molecule has 1 aliphatic carbocycles. The fourth-order valence-corrected chi connectivity index (χ4v) is 5.40. The van der Waals surface area contributed by atoms with Crippen LogP contribution in [0.15, 0.2) is 0 Å². The lowest BCUT2D eigenvalue weighted by molar-refractivity contribution is 0.122. The maximum Gasteiger partial charge on any atom is 0.224 e. The molecule has 5 nitrogen and oxygen atoms in total. The number of morpholine rings is 1. The van der Waals surface area contributed by atoms with Crippen LogP contribution in [0.25, 0.3) is 20.4 Å². The summed E-state index contributed by atoms with van der Waals surface area (Å²) in [6.07, 6.45) is 4.51. The van der Waals surface area contributed by atoms with Crippen molar-refractivity contribution < 1.29 is 4.74 Å². The minimum absolute atomic E-state index is 0.194. The lowest BCUT2D eigenvalue weighted by Crippen LogP contribution is -2.37. The van der Waals surface area contributed by atoms with Gasteiger partial charge in [-0.25, -0.2) is 15.0 Å². The van der Waals surface area contributed by atoms with E-state index < -0.39 is 0 Å². The zero-order chi connectivity index (χ0) is 17.0. The Morgan fingerprint density at radius 3 is 2.52 bits per heavy atom. The van der Waals surface area contributed by atoms with Gasteiger partial charge in [0.1, 0.15) is 10.6 Å². The average Bonchev–Trinajstić information content (AvgIpc) is 3.01. The highest BCUT2D eigenvalue weighted by Gasteiger charge is 2.26. The smallest absolute Gasteiger partial charge is 0.224 e. The number of aryl methyl sites for hydroxylation is 1. The standard InChI is InChI=1S/C17H16Cl2N4OS/c18-14-13-12(20-17(19)21-14)11-9-3-1-2-4-10(9)15(22-16(11)25-13)23-5-7-24-8-6-23/h1-8H2. The van der Waals surface area contributed by atoms with Crippen molar-refractivity contribution in [2.75, 3.05) is 31.2 Å². The normalized spacial score (nSPS) is 18.1. The van der Waals surface area contributed by atoms with E-state index in [9.17, 15) is 0 Å². The topological polar surface area (TPSA) is 51.1 Å². The van der Waals surface area contributed by atoms with Crippen molar-refractivity contribution in [1.82, 2.24) is 15.0 Å². The number of rotatable bonds is 1. The number of ether oxygens (including phenoxy) is 1. The fourth-order valence-electron chi connectivity index (χ4n) is 3.89. The Morgan fingerprint density at radius 1 is 0.960 bits per heavy atom. The van der Waals surface area contributed by atoms with Gasteiger partial charge in [0, 0.05) is 18.5 Å². The van der Waals surface area contributed by atoms with Crippen LogP contribution in [-0.4, -0.2) is 41.3 Å². The summed E-state index contributed by atoms with van der Waals surface area (Å²) in [7, 11) is 0. The summed E-state index contributed by atoms with van der Waals surface area (Å²) in [6.45, 7) is 3.30. The van der Waals surface area contributed by atoms with Gasteiger partial charge in [-0.2, -0.15) is 0 Å². The van der Waals surface area contributed by atoms with E-state index >= 15 is 0 Å². The molecule has 0 N–H and O–H groups in total. The largest absolute Gasteiger partial charge is 0.378 e. The molecule has 3 aromatic heterocycles. The molecule has 0 saturated carbocycles. The maximum atomic E-state index is 6.33. The molecule has 0 unspecified atom stereocenters. The molecule has 1 fully saturated rings. The van der Waals surface area contributed by atoms with Crippen LogP contribution in [-0.2, 0) is 17.6 Å². The van der Waals surface area contributed by atoms with Crippen molar-refractivity contribution >= 4 is 60.8 Å². The third-order valence-electron chi connectivity index (χ3n) is 5.00. The Balaban J connectivity index is 1.83. The Morgan fingerprint density at radius 2 is 1.72 bits per heavy atom. The highest BCUT2D eigenvalue weighted by molar-refractivity contribution is 7.26. The predicted molar refractivity (Wildman–Crippen MR) is 102 cm³/mol. The number of halogens is 2. The second-order valence-corrected chi connectivity index (χ2v) is 8.14. The van der Waals surface area contributed by atoms with Crippen molar-refractivity contribution in [3.8, 4) is 0 Å². The first-order valence-electron chi connectivity index (χ1n) is 8.52. The van der Waals surface area contributed by atoms with E-state index in [0.29, 0.717) is 5.15 Å². The monoisotopic (exact) mass is 394 g/mol. The Labute approximate surface area is 158 Å². The van der Waals surface area contributed by atoms with E-state index in [1.807, 2.05) is 0 Å². The molecule has 2 aliphatic rings. The van der Waals surface area contributed by atoms with Gasteiger partial charge in [-0.1, -0.05) is 11.6 Å². The summed E-state index contributed by atoms with van der Waals surface area (Å²) in [5, 5.41) is 1.73. The summed E-state index contributed by atoms with van der Waals surface area (Å²) in [4.78, 5) is 17.0. The average molecular weight is 395 g/mol. The second kappa shape index (κ2) is 6.20. The van der Waals surface area contributed by atoms with E-state index in [1.165, 1.54) is 24.0 Å². The van der Waals surface area contributed by atoms with Gasteiger partial charge in [-0.3, -0.25) is 0 Å². The molecule has 5 rings (SSSR count). The fraction of sp³-hybridized carbons (Fsp3) is 0.471. The van der Waals surface area contributed by atoms with Crippen LogP contribution in [0.4, 0.5) is 5.82 Å².